The Balaban J connectivity index is 1.44. The summed E-state index contributed by atoms with van der Waals surface area (Å²) >= 11 is 0. The van der Waals surface area contributed by atoms with E-state index in [1.54, 1.807) is 24.0 Å². The Morgan fingerprint density at radius 1 is 1.00 bits per heavy atom. The maximum absolute atomic E-state index is 13.2. The number of ether oxygens (including phenoxy) is 1. The summed E-state index contributed by atoms with van der Waals surface area (Å²) in [5.41, 5.74) is 4.91. The second-order valence-corrected chi connectivity index (χ2v) is 8.04. The molecule has 0 saturated heterocycles. The normalized spacial score (nSPS) is 12.1. The van der Waals surface area contributed by atoms with E-state index < -0.39 is 0 Å². The standard InChI is InChI=1S/C27H24N4O2/c1-17(22-10-6-8-19-7-4-5-9-23(19)22)30-27(32)24-15-28-26-25(16-29-31(26)18(24)2)20-11-13-21(33-3)14-12-20/h4-17H,1-3H3,(H,30,32)/t17-/m0/s1. The van der Waals surface area contributed by atoms with E-state index in [9.17, 15) is 4.79 Å². The predicted molar refractivity (Wildman–Crippen MR) is 130 cm³/mol. The highest BCUT2D eigenvalue weighted by molar-refractivity contribution is 5.96. The van der Waals surface area contributed by atoms with Crippen LogP contribution in [0.3, 0.4) is 0 Å². The van der Waals surface area contributed by atoms with E-state index in [1.807, 2.05) is 56.3 Å². The van der Waals surface area contributed by atoms with Gasteiger partial charge in [0.05, 0.1) is 30.6 Å². The van der Waals surface area contributed by atoms with Crippen LogP contribution in [0.1, 0.15) is 34.6 Å². The molecule has 0 fully saturated rings. The van der Waals surface area contributed by atoms with Crippen LogP contribution < -0.4 is 10.1 Å². The Morgan fingerprint density at radius 3 is 2.55 bits per heavy atom. The van der Waals surface area contributed by atoms with Gasteiger partial charge in [0.25, 0.3) is 5.91 Å². The zero-order chi connectivity index (χ0) is 22.9. The van der Waals surface area contributed by atoms with Crippen LogP contribution in [0.4, 0.5) is 0 Å². The number of rotatable bonds is 5. The lowest BCUT2D eigenvalue weighted by Crippen LogP contribution is -2.28. The molecule has 1 amide bonds. The smallest absolute Gasteiger partial charge is 0.255 e. The van der Waals surface area contributed by atoms with Gasteiger partial charge in [-0.05, 0) is 47.9 Å². The highest BCUT2D eigenvalue weighted by Crippen LogP contribution is 2.27. The van der Waals surface area contributed by atoms with Crippen LogP contribution >= 0.6 is 0 Å². The monoisotopic (exact) mass is 436 g/mol. The minimum absolute atomic E-state index is 0.161. The average molecular weight is 437 g/mol. The number of carbonyl (C=O) groups excluding carboxylic acids is 1. The van der Waals surface area contributed by atoms with Gasteiger partial charge in [0.15, 0.2) is 5.65 Å². The topological polar surface area (TPSA) is 68.5 Å². The van der Waals surface area contributed by atoms with E-state index >= 15 is 0 Å². The molecule has 5 rings (SSSR count). The first-order valence-corrected chi connectivity index (χ1v) is 10.8. The zero-order valence-corrected chi connectivity index (χ0v) is 18.7. The molecule has 6 nitrogen and oxygen atoms in total. The minimum atomic E-state index is -0.177. The van der Waals surface area contributed by atoms with Crippen molar-refractivity contribution in [2.75, 3.05) is 7.11 Å². The van der Waals surface area contributed by atoms with Crippen molar-refractivity contribution < 1.29 is 9.53 Å². The van der Waals surface area contributed by atoms with Crippen LogP contribution in [0.25, 0.3) is 27.5 Å². The second-order valence-electron chi connectivity index (χ2n) is 8.04. The molecule has 0 aliphatic rings. The van der Waals surface area contributed by atoms with Gasteiger partial charge < -0.3 is 10.1 Å². The number of amides is 1. The Labute approximate surface area is 191 Å². The molecule has 0 bridgehead atoms. The van der Waals surface area contributed by atoms with Gasteiger partial charge in [0.2, 0.25) is 0 Å². The highest BCUT2D eigenvalue weighted by Gasteiger charge is 2.19. The molecule has 2 aromatic heterocycles. The number of hydrogen-bond acceptors (Lipinski definition) is 4. The van der Waals surface area contributed by atoms with Crippen molar-refractivity contribution in [2.45, 2.75) is 19.9 Å². The number of carbonyl (C=O) groups is 1. The predicted octanol–water partition coefficient (Wildman–Crippen LogP) is 5.36. The Kier molecular flexibility index (Phi) is 5.26. The van der Waals surface area contributed by atoms with Crippen molar-refractivity contribution in [1.82, 2.24) is 19.9 Å². The summed E-state index contributed by atoms with van der Waals surface area (Å²) in [5.74, 6) is 0.613. The van der Waals surface area contributed by atoms with Gasteiger partial charge in [-0.25, -0.2) is 9.50 Å². The fourth-order valence-corrected chi connectivity index (χ4v) is 4.22. The maximum atomic E-state index is 13.2. The van der Waals surface area contributed by atoms with Crippen LogP contribution in [0.15, 0.2) is 79.1 Å². The summed E-state index contributed by atoms with van der Waals surface area (Å²) in [5, 5.41) is 9.91. The molecule has 0 aliphatic carbocycles. The number of aryl methyl sites for hydroxylation is 1. The van der Waals surface area contributed by atoms with E-state index in [4.69, 9.17) is 4.74 Å². The van der Waals surface area contributed by atoms with E-state index in [0.29, 0.717) is 11.2 Å². The van der Waals surface area contributed by atoms with Crippen LogP contribution in [-0.4, -0.2) is 27.6 Å². The molecule has 2 heterocycles. The quantitative estimate of drug-likeness (QED) is 0.403. The fraction of sp³-hybridized carbons (Fsp3) is 0.148. The minimum Gasteiger partial charge on any atom is -0.497 e. The zero-order valence-electron chi connectivity index (χ0n) is 18.7. The molecule has 6 heteroatoms. The Morgan fingerprint density at radius 2 is 1.76 bits per heavy atom. The van der Waals surface area contributed by atoms with Crippen molar-refractivity contribution >= 4 is 22.3 Å². The SMILES string of the molecule is COc1ccc(-c2cnn3c(C)c(C(=O)N[C@@H](C)c4cccc5ccccc45)cnc23)cc1. The summed E-state index contributed by atoms with van der Waals surface area (Å²) < 4.78 is 6.96. The van der Waals surface area contributed by atoms with Gasteiger partial charge in [-0.2, -0.15) is 5.10 Å². The maximum Gasteiger partial charge on any atom is 0.255 e. The summed E-state index contributed by atoms with van der Waals surface area (Å²) in [6.45, 7) is 3.88. The number of nitrogens with one attached hydrogen (secondary N) is 1. The summed E-state index contributed by atoms with van der Waals surface area (Å²) in [6.07, 6.45) is 3.40. The van der Waals surface area contributed by atoms with Crippen LogP contribution in [0.5, 0.6) is 5.75 Å². The number of methoxy groups -OCH3 is 1. The fourth-order valence-electron chi connectivity index (χ4n) is 4.22. The Bertz CT molecular complexity index is 1470. The molecule has 0 unspecified atom stereocenters. The molecule has 164 valence electrons. The first kappa shape index (κ1) is 20.7. The first-order chi connectivity index (χ1) is 16.1. The number of nitrogens with zero attached hydrogens (tertiary/aromatic N) is 3. The number of benzene rings is 3. The first-order valence-electron chi connectivity index (χ1n) is 10.8. The molecular formula is C27H24N4O2. The third-order valence-corrected chi connectivity index (χ3v) is 6.05. The molecule has 0 radical (unpaired) electrons. The molecule has 33 heavy (non-hydrogen) atoms. The molecule has 0 spiro atoms. The van der Waals surface area contributed by atoms with E-state index in [0.717, 1.165) is 38.9 Å². The number of aromatic nitrogens is 3. The summed E-state index contributed by atoms with van der Waals surface area (Å²) in [7, 11) is 1.64. The molecule has 0 aliphatic heterocycles. The largest absolute Gasteiger partial charge is 0.497 e. The van der Waals surface area contributed by atoms with Crippen LogP contribution in [-0.2, 0) is 0 Å². The summed E-state index contributed by atoms with van der Waals surface area (Å²) in [4.78, 5) is 17.8. The van der Waals surface area contributed by atoms with E-state index in [-0.39, 0.29) is 11.9 Å². The van der Waals surface area contributed by atoms with Crippen LogP contribution in [0, 0.1) is 6.92 Å². The lowest BCUT2D eigenvalue weighted by Gasteiger charge is -2.17. The molecule has 0 saturated carbocycles. The van der Waals surface area contributed by atoms with Gasteiger partial charge in [-0.15, -0.1) is 0 Å². The summed E-state index contributed by atoms with van der Waals surface area (Å²) in [6, 6.07) is 21.9. The van der Waals surface area contributed by atoms with Crippen molar-refractivity contribution in [3.8, 4) is 16.9 Å². The van der Waals surface area contributed by atoms with Crippen LogP contribution in [0.2, 0.25) is 0 Å². The Hall–Kier alpha value is -4.19. The van der Waals surface area contributed by atoms with E-state index in [1.165, 1.54) is 0 Å². The lowest BCUT2D eigenvalue weighted by atomic mass is 9.99. The molecule has 1 atom stereocenters. The molecule has 3 aromatic carbocycles. The average Bonchev–Trinajstić information content (AvgIpc) is 3.29. The number of fused-ring (bicyclic) bond motifs is 2. The van der Waals surface area contributed by atoms with Gasteiger partial charge in [-0.1, -0.05) is 54.6 Å². The molecular weight excluding hydrogens is 412 g/mol. The van der Waals surface area contributed by atoms with Crippen molar-refractivity contribution in [3.63, 3.8) is 0 Å². The molecule has 1 N–H and O–H groups in total. The van der Waals surface area contributed by atoms with Gasteiger partial charge in [-0.3, -0.25) is 4.79 Å². The van der Waals surface area contributed by atoms with Gasteiger partial charge in [0, 0.05) is 11.8 Å². The van der Waals surface area contributed by atoms with Gasteiger partial charge in [0.1, 0.15) is 5.75 Å². The third-order valence-electron chi connectivity index (χ3n) is 6.05. The lowest BCUT2D eigenvalue weighted by molar-refractivity contribution is 0.0938. The third kappa shape index (κ3) is 3.69. The number of hydrogen-bond donors (Lipinski definition) is 1. The second kappa shape index (κ2) is 8.39. The van der Waals surface area contributed by atoms with Crippen molar-refractivity contribution in [2.24, 2.45) is 0 Å². The van der Waals surface area contributed by atoms with Gasteiger partial charge >= 0.3 is 0 Å². The highest BCUT2D eigenvalue weighted by atomic mass is 16.5. The molecule has 5 aromatic rings. The van der Waals surface area contributed by atoms with Crippen molar-refractivity contribution in [3.05, 3.63) is 95.9 Å². The van der Waals surface area contributed by atoms with E-state index in [2.05, 4.69) is 39.7 Å². The van der Waals surface area contributed by atoms with Crippen molar-refractivity contribution in [1.29, 1.82) is 0 Å².